The van der Waals surface area contributed by atoms with Gasteiger partial charge in [0.1, 0.15) is 5.51 Å². The van der Waals surface area contributed by atoms with Gasteiger partial charge in [-0.15, -0.1) is 10.2 Å². The van der Waals surface area contributed by atoms with Crippen molar-refractivity contribution in [3.63, 3.8) is 0 Å². The number of anilines is 1. The molecule has 0 aliphatic carbocycles. The van der Waals surface area contributed by atoms with E-state index in [0.717, 1.165) is 43.6 Å². The molecular weight excluding hydrogens is 422 g/mol. The smallest absolute Gasteiger partial charge is 0.254 e. The van der Waals surface area contributed by atoms with Crippen LogP contribution in [-0.2, 0) is 17.9 Å². The van der Waals surface area contributed by atoms with Crippen molar-refractivity contribution in [2.75, 3.05) is 18.4 Å². The van der Waals surface area contributed by atoms with Crippen molar-refractivity contribution in [3.8, 4) is 0 Å². The average Bonchev–Trinajstić information content (AvgIpc) is 3.44. The van der Waals surface area contributed by atoms with Crippen LogP contribution in [0.3, 0.4) is 0 Å². The summed E-state index contributed by atoms with van der Waals surface area (Å²) in [7, 11) is 0. The first-order valence-electron chi connectivity index (χ1n) is 10.9. The molecule has 0 saturated carbocycles. The van der Waals surface area contributed by atoms with Gasteiger partial charge in [0.15, 0.2) is 0 Å². The maximum absolute atomic E-state index is 13.3. The number of benzene rings is 2. The molecule has 0 atom stereocenters. The minimum atomic E-state index is -0.516. The molecule has 164 valence electrons. The highest BCUT2D eigenvalue weighted by Crippen LogP contribution is 2.39. The number of amides is 2. The van der Waals surface area contributed by atoms with Crippen LogP contribution in [-0.4, -0.2) is 50.4 Å². The molecule has 3 heterocycles. The van der Waals surface area contributed by atoms with Crippen molar-refractivity contribution in [1.82, 2.24) is 20.0 Å². The molecule has 2 aliphatic rings. The first-order chi connectivity index (χ1) is 15.6. The van der Waals surface area contributed by atoms with E-state index in [1.165, 1.54) is 16.9 Å². The van der Waals surface area contributed by atoms with Gasteiger partial charge in [0.2, 0.25) is 11.0 Å². The van der Waals surface area contributed by atoms with Crippen LogP contribution >= 0.6 is 11.3 Å². The maximum atomic E-state index is 13.3. The molecule has 2 amide bonds. The van der Waals surface area contributed by atoms with Crippen molar-refractivity contribution in [2.45, 2.75) is 37.9 Å². The van der Waals surface area contributed by atoms with Gasteiger partial charge in [-0.1, -0.05) is 59.9 Å². The molecule has 2 aliphatic heterocycles. The molecule has 32 heavy (non-hydrogen) atoms. The van der Waals surface area contributed by atoms with Crippen LogP contribution in [0.1, 0.15) is 40.7 Å². The summed E-state index contributed by atoms with van der Waals surface area (Å²) in [5.74, 6) is -0.0946. The lowest BCUT2D eigenvalue weighted by Gasteiger charge is -2.47. The molecular formula is C24H25N5O2S. The lowest BCUT2D eigenvalue weighted by Crippen LogP contribution is -2.56. The van der Waals surface area contributed by atoms with E-state index in [1.807, 2.05) is 35.2 Å². The zero-order valence-electron chi connectivity index (χ0n) is 17.7. The Morgan fingerprint density at radius 2 is 1.81 bits per heavy atom. The topological polar surface area (TPSA) is 78.4 Å². The van der Waals surface area contributed by atoms with Crippen LogP contribution in [0.15, 0.2) is 60.1 Å². The quantitative estimate of drug-likeness (QED) is 0.625. The largest absolute Gasteiger partial charge is 0.328 e. The third-order valence-corrected chi connectivity index (χ3v) is 7.13. The van der Waals surface area contributed by atoms with Crippen molar-refractivity contribution < 1.29 is 9.59 Å². The summed E-state index contributed by atoms with van der Waals surface area (Å²) in [5.41, 5.74) is 4.14. The zero-order valence-corrected chi connectivity index (χ0v) is 18.6. The van der Waals surface area contributed by atoms with Gasteiger partial charge in [-0.2, -0.15) is 0 Å². The molecule has 3 aromatic rings. The number of fused-ring (bicyclic) bond motifs is 1. The summed E-state index contributed by atoms with van der Waals surface area (Å²) in [6, 6.07) is 18.2. The summed E-state index contributed by atoms with van der Waals surface area (Å²) >= 11 is 1.29. The molecule has 5 rings (SSSR count). The summed E-state index contributed by atoms with van der Waals surface area (Å²) in [6.07, 6.45) is 1.76. The van der Waals surface area contributed by atoms with Gasteiger partial charge in [0, 0.05) is 31.7 Å². The van der Waals surface area contributed by atoms with E-state index < -0.39 is 5.54 Å². The fraction of sp³-hybridized carbons (Fsp3) is 0.333. The van der Waals surface area contributed by atoms with Gasteiger partial charge in [0.05, 0.1) is 12.0 Å². The Hall–Kier alpha value is -3.10. The van der Waals surface area contributed by atoms with Crippen LogP contribution in [0.25, 0.3) is 0 Å². The fourth-order valence-electron chi connectivity index (χ4n) is 4.84. The number of nitrogens with one attached hydrogen (secondary N) is 1. The molecule has 0 unspecified atom stereocenters. The summed E-state index contributed by atoms with van der Waals surface area (Å²) in [4.78, 5) is 30.6. The van der Waals surface area contributed by atoms with E-state index in [0.29, 0.717) is 11.7 Å². The van der Waals surface area contributed by atoms with Gasteiger partial charge in [-0.25, -0.2) is 0 Å². The lowest BCUT2D eigenvalue weighted by molar-refractivity contribution is -0.119. The molecule has 2 aromatic carbocycles. The monoisotopic (exact) mass is 447 g/mol. The number of nitrogens with zero attached hydrogens (tertiary/aromatic N) is 4. The summed E-state index contributed by atoms with van der Waals surface area (Å²) in [6.45, 7) is 3.10. The number of carbonyl (C=O) groups excluding carboxylic acids is 2. The van der Waals surface area contributed by atoms with Crippen LogP contribution in [0, 0.1) is 0 Å². The van der Waals surface area contributed by atoms with E-state index in [2.05, 4.69) is 44.7 Å². The van der Waals surface area contributed by atoms with Gasteiger partial charge in [-0.05, 0) is 30.0 Å². The predicted molar refractivity (Wildman–Crippen MR) is 123 cm³/mol. The summed E-state index contributed by atoms with van der Waals surface area (Å²) < 4.78 is 0. The van der Waals surface area contributed by atoms with E-state index in [-0.39, 0.29) is 18.2 Å². The van der Waals surface area contributed by atoms with Crippen molar-refractivity contribution >= 4 is 28.3 Å². The molecule has 1 N–H and O–H groups in total. The first-order valence-corrected chi connectivity index (χ1v) is 11.7. The van der Waals surface area contributed by atoms with Gasteiger partial charge < -0.3 is 10.2 Å². The number of aromatic nitrogens is 2. The van der Waals surface area contributed by atoms with Crippen LogP contribution in [0.5, 0.6) is 0 Å². The van der Waals surface area contributed by atoms with E-state index in [4.69, 9.17) is 0 Å². The van der Waals surface area contributed by atoms with Gasteiger partial charge >= 0.3 is 0 Å². The minimum absolute atomic E-state index is 0.0285. The minimum Gasteiger partial charge on any atom is -0.328 e. The van der Waals surface area contributed by atoms with Crippen molar-refractivity contribution in [1.29, 1.82) is 0 Å². The number of carbonyl (C=O) groups is 2. The Labute approximate surface area is 191 Å². The predicted octanol–water partition coefficient (Wildman–Crippen LogP) is 3.56. The SMILES string of the molecule is O=C(CC1(N2Cc3ccccc3C2=O)CCN(Cc2ccccc2)CC1)Nc1nncs1. The van der Waals surface area contributed by atoms with Crippen molar-refractivity contribution in [2.24, 2.45) is 0 Å². The van der Waals surface area contributed by atoms with E-state index in [9.17, 15) is 9.59 Å². The second-order valence-corrected chi connectivity index (χ2v) is 9.34. The molecule has 0 bridgehead atoms. The molecule has 1 aromatic heterocycles. The second-order valence-electron chi connectivity index (χ2n) is 8.50. The Morgan fingerprint density at radius 1 is 1.06 bits per heavy atom. The Balaban J connectivity index is 1.35. The molecule has 0 radical (unpaired) electrons. The zero-order chi connectivity index (χ0) is 22.0. The Morgan fingerprint density at radius 3 is 2.53 bits per heavy atom. The molecule has 8 heteroatoms. The first kappa shape index (κ1) is 20.8. The Kier molecular flexibility index (Phi) is 5.71. The Bertz CT molecular complexity index is 1090. The highest BCUT2D eigenvalue weighted by Gasteiger charge is 2.46. The third kappa shape index (κ3) is 4.16. The van der Waals surface area contributed by atoms with Crippen molar-refractivity contribution in [3.05, 3.63) is 76.8 Å². The second kappa shape index (κ2) is 8.80. The average molecular weight is 448 g/mol. The molecule has 0 spiro atoms. The molecule has 1 fully saturated rings. The number of hydrogen-bond donors (Lipinski definition) is 1. The molecule has 7 nitrogen and oxygen atoms in total. The standard InChI is InChI=1S/C24H25N5O2S/c30-21(26-23-27-25-17-32-23)14-24(29-16-19-8-4-5-9-20(19)22(29)31)10-12-28(13-11-24)15-18-6-2-1-3-7-18/h1-9,17H,10-16H2,(H,26,27,30). The van der Waals surface area contributed by atoms with Gasteiger partial charge in [-0.3, -0.25) is 14.5 Å². The van der Waals surface area contributed by atoms with E-state index in [1.54, 1.807) is 5.51 Å². The number of piperidine rings is 1. The number of likely N-dealkylation sites (tertiary alicyclic amines) is 1. The normalized spacial score (nSPS) is 17.9. The highest BCUT2D eigenvalue weighted by atomic mass is 32.1. The maximum Gasteiger partial charge on any atom is 0.254 e. The molecule has 1 saturated heterocycles. The van der Waals surface area contributed by atoms with Crippen LogP contribution in [0.4, 0.5) is 5.13 Å². The number of rotatable bonds is 6. The summed E-state index contributed by atoms with van der Waals surface area (Å²) in [5, 5.41) is 11.1. The third-order valence-electron chi connectivity index (χ3n) is 6.53. The van der Waals surface area contributed by atoms with E-state index >= 15 is 0 Å². The van der Waals surface area contributed by atoms with Crippen LogP contribution < -0.4 is 5.32 Å². The number of hydrogen-bond acceptors (Lipinski definition) is 6. The lowest BCUT2D eigenvalue weighted by atomic mass is 9.82. The highest BCUT2D eigenvalue weighted by molar-refractivity contribution is 7.13. The van der Waals surface area contributed by atoms with Crippen LogP contribution in [0.2, 0.25) is 0 Å². The fourth-order valence-corrected chi connectivity index (χ4v) is 5.30. The van der Waals surface area contributed by atoms with Gasteiger partial charge in [0.25, 0.3) is 5.91 Å².